The number of carbonyl (C=O) groups excluding carboxylic acids is 3. The summed E-state index contributed by atoms with van der Waals surface area (Å²) >= 11 is 0. The molecule has 0 rings (SSSR count). The molecule has 0 saturated carbocycles. The van der Waals surface area contributed by atoms with Crippen LogP contribution in [0.4, 0.5) is 0 Å². The minimum atomic E-state index is -0.790. The first-order chi connectivity index (χ1) is 34.0. The SMILES string of the molecule is CC/C=C\C/C=C\C/C=C\C/C=C\CCCCCCC(=O)OC[C@H](COC(=O)CCCCCCCCCCCCC/C=C\CCCCCCCC)OC(=O)CCCCCCC/C=C\CCCCCC. The summed E-state index contributed by atoms with van der Waals surface area (Å²) < 4.78 is 16.9. The molecule has 69 heavy (non-hydrogen) atoms. The predicted octanol–water partition coefficient (Wildman–Crippen LogP) is 19.8. The van der Waals surface area contributed by atoms with Crippen LogP contribution in [0.15, 0.2) is 72.9 Å². The summed E-state index contributed by atoms with van der Waals surface area (Å²) in [6.45, 7) is 6.50. The molecule has 0 aliphatic heterocycles. The van der Waals surface area contributed by atoms with E-state index in [9.17, 15) is 14.4 Å². The molecule has 0 amide bonds. The van der Waals surface area contributed by atoms with Crippen LogP contribution in [0.2, 0.25) is 0 Å². The topological polar surface area (TPSA) is 78.9 Å². The second-order valence-electron chi connectivity index (χ2n) is 19.5. The summed E-state index contributed by atoms with van der Waals surface area (Å²) in [5.74, 6) is -0.912. The highest BCUT2D eigenvalue weighted by molar-refractivity contribution is 5.71. The van der Waals surface area contributed by atoms with Crippen molar-refractivity contribution in [1.82, 2.24) is 0 Å². The molecule has 0 radical (unpaired) electrons. The summed E-state index contributed by atoms with van der Waals surface area (Å²) in [4.78, 5) is 38.2. The van der Waals surface area contributed by atoms with Gasteiger partial charge in [-0.25, -0.2) is 0 Å². The Balaban J connectivity index is 4.36. The number of unbranched alkanes of at least 4 members (excludes halogenated alkanes) is 30. The molecule has 398 valence electrons. The molecule has 0 unspecified atom stereocenters. The molecule has 0 aliphatic rings. The quantitative estimate of drug-likeness (QED) is 0.0262. The van der Waals surface area contributed by atoms with Crippen molar-refractivity contribution in [2.24, 2.45) is 0 Å². The fourth-order valence-corrected chi connectivity index (χ4v) is 8.25. The van der Waals surface area contributed by atoms with Gasteiger partial charge in [-0.05, 0) is 109 Å². The monoisotopic (exact) mass is 963 g/mol. The first-order valence-electron chi connectivity index (χ1n) is 29.4. The Morgan fingerprint density at radius 1 is 0.304 bits per heavy atom. The highest BCUT2D eigenvalue weighted by Gasteiger charge is 2.19. The lowest BCUT2D eigenvalue weighted by molar-refractivity contribution is -0.167. The van der Waals surface area contributed by atoms with Crippen molar-refractivity contribution in [3.8, 4) is 0 Å². The Hall–Kier alpha value is -3.15. The molecule has 0 aliphatic carbocycles. The molecule has 1 atom stereocenters. The fourth-order valence-electron chi connectivity index (χ4n) is 8.25. The first kappa shape index (κ1) is 65.8. The molecule has 0 fully saturated rings. The molecular weight excluding hydrogens is 853 g/mol. The maximum Gasteiger partial charge on any atom is 0.306 e. The normalized spacial score (nSPS) is 12.6. The Bertz CT molecular complexity index is 1290. The average molecular weight is 964 g/mol. The molecule has 0 heterocycles. The third-order valence-corrected chi connectivity index (χ3v) is 12.7. The van der Waals surface area contributed by atoms with Crippen molar-refractivity contribution in [2.75, 3.05) is 13.2 Å². The van der Waals surface area contributed by atoms with Crippen molar-refractivity contribution in [3.05, 3.63) is 72.9 Å². The van der Waals surface area contributed by atoms with E-state index in [0.717, 1.165) is 109 Å². The van der Waals surface area contributed by atoms with E-state index in [1.165, 1.54) is 141 Å². The Labute approximate surface area is 427 Å². The number of rotatable bonds is 53. The number of ether oxygens (including phenoxy) is 3. The smallest absolute Gasteiger partial charge is 0.306 e. The van der Waals surface area contributed by atoms with Gasteiger partial charge in [0.05, 0.1) is 0 Å². The van der Waals surface area contributed by atoms with Crippen molar-refractivity contribution >= 4 is 17.9 Å². The lowest BCUT2D eigenvalue weighted by atomic mass is 10.0. The van der Waals surface area contributed by atoms with E-state index >= 15 is 0 Å². The second kappa shape index (κ2) is 57.4. The number of hydrogen-bond donors (Lipinski definition) is 0. The molecule has 6 nitrogen and oxygen atoms in total. The maximum absolute atomic E-state index is 12.8. The number of allylic oxidation sites excluding steroid dienone is 12. The van der Waals surface area contributed by atoms with Crippen LogP contribution in [-0.4, -0.2) is 37.2 Å². The molecule has 0 aromatic rings. The van der Waals surface area contributed by atoms with Gasteiger partial charge in [0.1, 0.15) is 13.2 Å². The zero-order chi connectivity index (χ0) is 50.0. The van der Waals surface area contributed by atoms with Crippen LogP contribution in [0.3, 0.4) is 0 Å². The van der Waals surface area contributed by atoms with Gasteiger partial charge in [0, 0.05) is 19.3 Å². The number of carbonyl (C=O) groups is 3. The van der Waals surface area contributed by atoms with Gasteiger partial charge in [-0.3, -0.25) is 14.4 Å². The molecular formula is C63H110O6. The predicted molar refractivity (Wildman–Crippen MR) is 298 cm³/mol. The Morgan fingerprint density at radius 3 is 0.913 bits per heavy atom. The average Bonchev–Trinajstić information content (AvgIpc) is 3.35. The summed E-state index contributed by atoms with van der Waals surface area (Å²) in [5.41, 5.74) is 0. The summed E-state index contributed by atoms with van der Waals surface area (Å²) in [6.07, 6.45) is 73.2. The zero-order valence-corrected chi connectivity index (χ0v) is 45.6. The summed E-state index contributed by atoms with van der Waals surface area (Å²) in [7, 11) is 0. The molecule has 0 aromatic carbocycles. The van der Waals surface area contributed by atoms with E-state index in [-0.39, 0.29) is 31.1 Å². The molecule has 0 aromatic heterocycles. The van der Waals surface area contributed by atoms with E-state index in [1.54, 1.807) is 0 Å². The van der Waals surface area contributed by atoms with E-state index < -0.39 is 6.10 Å². The van der Waals surface area contributed by atoms with Crippen LogP contribution in [0.25, 0.3) is 0 Å². The van der Waals surface area contributed by atoms with Crippen LogP contribution in [0.5, 0.6) is 0 Å². The number of hydrogen-bond acceptors (Lipinski definition) is 6. The standard InChI is InChI=1S/C63H110O6/c1-4-7-10-13-16-19-22-25-27-29-30-31-32-34-36-39-41-44-47-50-53-56-62(65)68-59-60(69-63(66)57-54-51-48-45-42-37-24-21-18-15-12-9-6-3)58-67-61(64)55-52-49-46-43-40-38-35-33-28-26-23-20-17-14-11-8-5-2/h8,11,17,20-21,24-28,35,38,60H,4-7,9-10,12-16,18-19,22-23,29-34,36-37,39-59H2,1-3H3/b11-8-,20-17-,24-21-,27-25-,28-26-,38-35-/t60-/m1/s1. The van der Waals surface area contributed by atoms with Gasteiger partial charge >= 0.3 is 17.9 Å². The van der Waals surface area contributed by atoms with Crippen molar-refractivity contribution in [3.63, 3.8) is 0 Å². The minimum absolute atomic E-state index is 0.0861. The zero-order valence-electron chi connectivity index (χ0n) is 45.6. The first-order valence-corrected chi connectivity index (χ1v) is 29.4. The van der Waals surface area contributed by atoms with Crippen LogP contribution in [0, 0.1) is 0 Å². The van der Waals surface area contributed by atoms with Gasteiger partial charge in [-0.15, -0.1) is 0 Å². The van der Waals surface area contributed by atoms with Crippen molar-refractivity contribution in [2.45, 2.75) is 297 Å². The van der Waals surface area contributed by atoms with Gasteiger partial charge in [0.2, 0.25) is 0 Å². The van der Waals surface area contributed by atoms with Gasteiger partial charge in [-0.2, -0.15) is 0 Å². The lowest BCUT2D eigenvalue weighted by Gasteiger charge is -2.18. The fraction of sp³-hybridized carbons (Fsp3) is 0.762. The Morgan fingerprint density at radius 2 is 0.565 bits per heavy atom. The summed E-state index contributed by atoms with van der Waals surface area (Å²) in [5, 5.41) is 0. The highest BCUT2D eigenvalue weighted by Crippen LogP contribution is 2.15. The summed E-state index contributed by atoms with van der Waals surface area (Å²) in [6, 6.07) is 0. The van der Waals surface area contributed by atoms with E-state index in [0.29, 0.717) is 19.3 Å². The van der Waals surface area contributed by atoms with Crippen LogP contribution in [0.1, 0.15) is 290 Å². The van der Waals surface area contributed by atoms with Gasteiger partial charge in [0.25, 0.3) is 0 Å². The molecule has 0 spiro atoms. The third kappa shape index (κ3) is 55.6. The van der Waals surface area contributed by atoms with E-state index in [1.807, 2.05) is 0 Å². The second-order valence-corrected chi connectivity index (χ2v) is 19.5. The van der Waals surface area contributed by atoms with E-state index in [4.69, 9.17) is 14.2 Å². The minimum Gasteiger partial charge on any atom is -0.462 e. The molecule has 0 saturated heterocycles. The van der Waals surface area contributed by atoms with Gasteiger partial charge < -0.3 is 14.2 Å². The van der Waals surface area contributed by atoms with Crippen LogP contribution < -0.4 is 0 Å². The maximum atomic E-state index is 12.8. The Kier molecular flexibility index (Phi) is 54.8. The lowest BCUT2D eigenvalue weighted by Crippen LogP contribution is -2.30. The van der Waals surface area contributed by atoms with Crippen molar-refractivity contribution in [1.29, 1.82) is 0 Å². The van der Waals surface area contributed by atoms with Crippen LogP contribution >= 0.6 is 0 Å². The van der Waals surface area contributed by atoms with E-state index in [2.05, 4.69) is 93.7 Å². The van der Waals surface area contributed by atoms with Crippen LogP contribution in [-0.2, 0) is 28.6 Å². The molecule has 0 bridgehead atoms. The van der Waals surface area contributed by atoms with Gasteiger partial charge in [-0.1, -0.05) is 235 Å². The molecule has 0 N–H and O–H groups in total. The molecule has 6 heteroatoms. The highest BCUT2D eigenvalue weighted by atomic mass is 16.6. The third-order valence-electron chi connectivity index (χ3n) is 12.7. The van der Waals surface area contributed by atoms with Gasteiger partial charge in [0.15, 0.2) is 6.10 Å². The van der Waals surface area contributed by atoms with Crippen molar-refractivity contribution < 1.29 is 28.6 Å². The number of esters is 3. The largest absolute Gasteiger partial charge is 0.462 e.